The standard InChI is InChI=1S/C64H100N14O19/c1-35(2)31-47(75-55(87)41(68)32-39-20-22-40(79)23-21-39)61(93)77-49(34-52(84)85)62(94)74-45(24-26-50(80)81)59(91)72-44(19-11-14-30-67)58(90)71-42(17-9-12-28-65)56(88)69-37(5)54(86)70-43(18-10-13-29-66)57(89)73-46(25-27-51(82)83)60(92)76-48(33-38-15-7-6-8-16-38)63(95)78-53(36(3)4)64(96)97/h6-8,15-16,20-23,35-37,41-49,53,79H,9-14,17-19,24-34,65-68H2,1-5H3,(H,69,88)(H,70,86)(H,71,90)(H,72,91)(H,73,89)(H,74,94)(H,75,87)(H,76,92)(H,77,93)(H,78,95)(H,80,81)(H,82,83)(H,84,85)(H,96,97)/t37-,41-,42-,43-,44-,45-,46-,47-,48-,49-,53-/m0/s1. The Bertz CT molecular complexity index is 2940. The Morgan fingerprint density at radius 2 is 0.742 bits per heavy atom. The largest absolute Gasteiger partial charge is 0.508 e. The van der Waals surface area contributed by atoms with Crippen molar-refractivity contribution in [2.45, 2.75) is 210 Å². The summed E-state index contributed by atoms with van der Waals surface area (Å²) in [5, 5.41) is 73.3. The van der Waals surface area contributed by atoms with Crippen molar-refractivity contribution in [1.29, 1.82) is 0 Å². The normalized spacial score (nSPS) is 14.5. The van der Waals surface area contributed by atoms with Gasteiger partial charge < -0.3 is 102 Å². The van der Waals surface area contributed by atoms with Crippen LogP contribution in [0.2, 0.25) is 0 Å². The van der Waals surface area contributed by atoms with Crippen molar-refractivity contribution in [3.05, 3.63) is 65.7 Å². The Labute approximate surface area is 563 Å². The predicted molar refractivity (Wildman–Crippen MR) is 352 cm³/mol. The molecule has 540 valence electrons. The highest BCUT2D eigenvalue weighted by Gasteiger charge is 2.37. The lowest BCUT2D eigenvalue weighted by atomic mass is 10.0. The molecular formula is C64H100N14O19. The molecule has 0 heterocycles. The number of hydrogen-bond donors (Lipinski definition) is 19. The summed E-state index contributed by atoms with van der Waals surface area (Å²) >= 11 is 0. The number of aliphatic carboxylic acids is 4. The van der Waals surface area contributed by atoms with Crippen LogP contribution in [-0.2, 0) is 80.0 Å². The van der Waals surface area contributed by atoms with Gasteiger partial charge in [0.05, 0.1) is 12.5 Å². The summed E-state index contributed by atoms with van der Waals surface area (Å²) in [4.78, 5) is 188. The average molecular weight is 1370 g/mol. The zero-order valence-electron chi connectivity index (χ0n) is 55.6. The summed E-state index contributed by atoms with van der Waals surface area (Å²) in [6.07, 6.45) is -2.44. The molecule has 0 bridgehead atoms. The monoisotopic (exact) mass is 1370 g/mol. The van der Waals surface area contributed by atoms with Crippen LogP contribution in [-0.4, -0.2) is 195 Å². The smallest absolute Gasteiger partial charge is 0.326 e. The van der Waals surface area contributed by atoms with Crippen LogP contribution in [0, 0.1) is 11.8 Å². The van der Waals surface area contributed by atoms with Crippen molar-refractivity contribution in [3.63, 3.8) is 0 Å². The number of carbonyl (C=O) groups is 14. The molecule has 0 fully saturated rings. The fourth-order valence-corrected chi connectivity index (χ4v) is 9.84. The van der Waals surface area contributed by atoms with Crippen molar-refractivity contribution < 1.29 is 92.7 Å². The number of carboxylic acids is 4. The number of phenolic OH excluding ortho intramolecular Hbond substituents is 1. The molecule has 2 rings (SSSR count). The third-order valence-electron chi connectivity index (χ3n) is 15.3. The van der Waals surface area contributed by atoms with Crippen molar-refractivity contribution in [1.82, 2.24) is 53.2 Å². The van der Waals surface area contributed by atoms with E-state index >= 15 is 0 Å². The lowest BCUT2D eigenvalue weighted by Gasteiger charge is -2.28. The van der Waals surface area contributed by atoms with Gasteiger partial charge in [0.2, 0.25) is 59.1 Å². The van der Waals surface area contributed by atoms with E-state index in [1.807, 2.05) is 0 Å². The van der Waals surface area contributed by atoms with Crippen molar-refractivity contribution >= 4 is 82.9 Å². The Morgan fingerprint density at radius 3 is 1.14 bits per heavy atom. The van der Waals surface area contributed by atoms with Crippen LogP contribution in [0.3, 0.4) is 0 Å². The lowest BCUT2D eigenvalue weighted by Crippen LogP contribution is -2.60. The highest BCUT2D eigenvalue weighted by molar-refractivity contribution is 5.99. The molecule has 33 heteroatoms. The van der Waals surface area contributed by atoms with E-state index in [-0.39, 0.29) is 89.1 Å². The van der Waals surface area contributed by atoms with Crippen LogP contribution < -0.4 is 76.1 Å². The van der Waals surface area contributed by atoms with Crippen LogP contribution in [0.15, 0.2) is 54.6 Å². The van der Waals surface area contributed by atoms with Gasteiger partial charge in [0.15, 0.2) is 0 Å². The fourth-order valence-electron chi connectivity index (χ4n) is 9.84. The summed E-state index contributed by atoms with van der Waals surface area (Å²) in [7, 11) is 0. The van der Waals surface area contributed by atoms with E-state index in [9.17, 15) is 92.7 Å². The molecular weight excluding hydrogens is 1270 g/mol. The highest BCUT2D eigenvalue weighted by atomic mass is 16.4. The number of nitrogens with two attached hydrogens (primary N) is 4. The molecule has 97 heavy (non-hydrogen) atoms. The Hall–Kier alpha value is -9.34. The van der Waals surface area contributed by atoms with Gasteiger partial charge in [-0.05, 0) is 145 Å². The van der Waals surface area contributed by atoms with E-state index in [2.05, 4.69) is 53.2 Å². The topological polar surface area (TPSA) is 565 Å². The van der Waals surface area contributed by atoms with Crippen LogP contribution in [0.5, 0.6) is 5.75 Å². The zero-order chi connectivity index (χ0) is 72.9. The average Bonchev–Trinajstić information content (AvgIpc) is 0.994. The second kappa shape index (κ2) is 44.4. The number of carboxylic acid groups (broad SMARTS) is 4. The number of benzene rings is 2. The second-order valence-electron chi connectivity index (χ2n) is 24.4. The maximum atomic E-state index is 14.4. The number of carbonyl (C=O) groups excluding carboxylic acids is 10. The number of hydrogen-bond acceptors (Lipinski definition) is 19. The number of phenols is 1. The minimum atomic E-state index is -1.93. The van der Waals surface area contributed by atoms with Gasteiger partial charge in [-0.15, -0.1) is 0 Å². The third-order valence-corrected chi connectivity index (χ3v) is 15.3. The van der Waals surface area contributed by atoms with Crippen molar-refractivity contribution in [2.24, 2.45) is 34.8 Å². The Morgan fingerprint density at radius 1 is 0.381 bits per heavy atom. The van der Waals surface area contributed by atoms with Gasteiger partial charge in [-0.25, -0.2) is 4.79 Å². The maximum absolute atomic E-state index is 14.4. The Balaban J connectivity index is 2.44. The van der Waals surface area contributed by atoms with E-state index in [4.69, 9.17) is 22.9 Å². The molecule has 0 aliphatic carbocycles. The van der Waals surface area contributed by atoms with Gasteiger partial charge >= 0.3 is 23.9 Å². The maximum Gasteiger partial charge on any atom is 0.326 e. The summed E-state index contributed by atoms with van der Waals surface area (Å²) in [6, 6.07) is -2.40. The first-order chi connectivity index (χ1) is 45.8. The first kappa shape index (κ1) is 83.7. The van der Waals surface area contributed by atoms with Gasteiger partial charge in [-0.3, -0.25) is 62.3 Å². The van der Waals surface area contributed by atoms with Crippen LogP contribution in [0.1, 0.15) is 142 Å². The van der Waals surface area contributed by atoms with Gasteiger partial charge in [-0.2, -0.15) is 0 Å². The molecule has 0 radical (unpaired) electrons. The summed E-state index contributed by atoms with van der Waals surface area (Å²) < 4.78 is 0. The molecule has 0 unspecified atom stereocenters. The summed E-state index contributed by atoms with van der Waals surface area (Å²) in [5.41, 5.74) is 24.5. The third kappa shape index (κ3) is 32.8. The SMILES string of the molecule is CC(C)C[C@H](NC(=O)[C@@H](N)Cc1ccc(O)cc1)C(=O)N[C@@H](CC(=O)O)C(=O)N[C@@H](CCC(=O)O)C(=O)N[C@@H](CCCCN)C(=O)N[C@@H](CCCCN)C(=O)N[C@@H](C)C(=O)N[C@@H](CCCCN)C(=O)N[C@@H](CCC(=O)O)C(=O)N[C@@H](Cc1ccccc1)C(=O)N[C@H](C(=O)O)C(C)C. The minimum absolute atomic E-state index is 0.00455. The highest BCUT2D eigenvalue weighted by Crippen LogP contribution is 2.15. The number of amides is 10. The molecule has 33 nitrogen and oxygen atoms in total. The minimum Gasteiger partial charge on any atom is -0.508 e. The van der Waals surface area contributed by atoms with E-state index in [0.717, 1.165) is 0 Å². The molecule has 11 atom stereocenters. The van der Waals surface area contributed by atoms with E-state index in [1.165, 1.54) is 19.1 Å². The molecule has 0 spiro atoms. The van der Waals surface area contributed by atoms with Crippen LogP contribution >= 0.6 is 0 Å². The van der Waals surface area contributed by atoms with Gasteiger partial charge in [0.1, 0.15) is 66.2 Å². The van der Waals surface area contributed by atoms with Gasteiger partial charge in [0, 0.05) is 19.3 Å². The quantitative estimate of drug-likeness (QED) is 0.0311. The number of nitrogens with one attached hydrogen (secondary N) is 10. The molecule has 0 aromatic heterocycles. The summed E-state index contributed by atoms with van der Waals surface area (Å²) in [5.74, 6) is -16.5. The molecule has 0 aliphatic rings. The van der Waals surface area contributed by atoms with Gasteiger partial charge in [0.25, 0.3) is 0 Å². The van der Waals surface area contributed by atoms with Gasteiger partial charge in [-0.1, -0.05) is 70.2 Å². The number of rotatable bonds is 48. The van der Waals surface area contributed by atoms with E-state index in [1.54, 1.807) is 70.2 Å². The molecule has 2 aromatic rings. The molecule has 10 amide bonds. The molecule has 2 aromatic carbocycles. The predicted octanol–water partition coefficient (Wildman–Crippen LogP) is -2.25. The van der Waals surface area contributed by atoms with E-state index in [0.29, 0.717) is 30.4 Å². The first-order valence-corrected chi connectivity index (χ1v) is 32.4. The van der Waals surface area contributed by atoms with Crippen LogP contribution in [0.25, 0.3) is 0 Å². The fraction of sp³-hybridized carbons (Fsp3) is 0.594. The molecule has 0 saturated carbocycles. The van der Waals surface area contributed by atoms with Crippen molar-refractivity contribution in [3.8, 4) is 5.75 Å². The first-order valence-electron chi connectivity index (χ1n) is 32.4. The number of unbranched alkanes of at least 4 members (excludes halogenated alkanes) is 3. The number of aromatic hydroxyl groups is 1. The summed E-state index contributed by atoms with van der Waals surface area (Å²) in [6.45, 7) is 8.29. The van der Waals surface area contributed by atoms with Crippen molar-refractivity contribution in [2.75, 3.05) is 19.6 Å². The zero-order valence-corrected chi connectivity index (χ0v) is 55.6. The molecule has 23 N–H and O–H groups in total. The molecule has 0 aliphatic heterocycles. The second-order valence-corrected chi connectivity index (χ2v) is 24.4. The van der Waals surface area contributed by atoms with E-state index < -0.39 is 187 Å². The van der Waals surface area contributed by atoms with Crippen LogP contribution in [0.4, 0.5) is 0 Å². The Kier molecular flexibility index (Phi) is 38.3. The lowest BCUT2D eigenvalue weighted by molar-refractivity contribution is -0.143. The molecule has 0 saturated heterocycles.